The number of fused-ring (bicyclic) bond motifs is 1. The first-order chi connectivity index (χ1) is 39.1. The van der Waals surface area contributed by atoms with Crippen molar-refractivity contribution < 1.29 is 77.6 Å². The van der Waals surface area contributed by atoms with E-state index in [1.54, 1.807) is 99.7 Å². The predicted octanol–water partition coefficient (Wildman–Crippen LogP) is 0.883. The second kappa shape index (κ2) is 34.5. The molecule has 2 rings (SSSR count). The average Bonchev–Trinajstić information content (AvgIpc) is 3.88. The van der Waals surface area contributed by atoms with Crippen LogP contribution in [-0.4, -0.2) is 158 Å². The van der Waals surface area contributed by atoms with Crippen molar-refractivity contribution in [3.63, 3.8) is 0 Å². The van der Waals surface area contributed by atoms with Crippen LogP contribution in [0.15, 0.2) is 30.5 Å². The van der Waals surface area contributed by atoms with Gasteiger partial charge in [0, 0.05) is 43.3 Å². The molecule has 0 spiro atoms. The van der Waals surface area contributed by atoms with Gasteiger partial charge < -0.3 is 73.5 Å². The number of para-hydroxylation sites is 1. The van der Waals surface area contributed by atoms with Crippen LogP contribution in [0.25, 0.3) is 10.9 Å². The average molecular weight is 1180 g/mol. The molecule has 0 bridgehead atoms. The van der Waals surface area contributed by atoms with Gasteiger partial charge in [-0.05, 0) is 87.2 Å². The van der Waals surface area contributed by atoms with Crippen molar-refractivity contribution in [2.24, 2.45) is 29.6 Å². The highest BCUT2D eigenvalue weighted by Gasteiger charge is 2.37. The van der Waals surface area contributed by atoms with E-state index in [1.807, 2.05) is 0 Å². The van der Waals surface area contributed by atoms with Crippen molar-refractivity contribution in [3.8, 4) is 0 Å². The lowest BCUT2D eigenvalue weighted by Gasteiger charge is -2.30. The summed E-state index contributed by atoms with van der Waals surface area (Å²) in [5.41, 5.74) is 1.20. The summed E-state index contributed by atoms with van der Waals surface area (Å²) in [7, 11) is 0. The third-order valence-corrected chi connectivity index (χ3v) is 13.4. The fourth-order valence-corrected chi connectivity index (χ4v) is 8.89. The lowest BCUT2D eigenvalue weighted by Crippen LogP contribution is -2.62. The zero-order valence-corrected chi connectivity index (χ0v) is 50.4. The van der Waals surface area contributed by atoms with Crippen LogP contribution in [0.5, 0.6) is 0 Å². The minimum absolute atomic E-state index is 0.00238. The minimum atomic E-state index is -1.72. The number of rotatable bonds is 36. The molecule has 2 aromatic rings. The van der Waals surface area contributed by atoms with Crippen LogP contribution in [0.2, 0.25) is 0 Å². The molecular formula is C57H89N11O16. The van der Waals surface area contributed by atoms with E-state index in [0.717, 1.165) is 0 Å². The molecule has 0 unspecified atom stereocenters. The maximum atomic E-state index is 14.6. The van der Waals surface area contributed by atoms with Gasteiger partial charge in [-0.15, -0.1) is 0 Å². The van der Waals surface area contributed by atoms with Gasteiger partial charge in [0.1, 0.15) is 60.4 Å². The van der Waals surface area contributed by atoms with Gasteiger partial charge in [0.2, 0.25) is 59.1 Å². The number of H-pyrrole nitrogens is 1. The summed E-state index contributed by atoms with van der Waals surface area (Å²) < 4.78 is 0. The zero-order valence-electron chi connectivity index (χ0n) is 50.4. The molecule has 1 aromatic heterocycles. The molecule has 0 saturated carbocycles. The van der Waals surface area contributed by atoms with E-state index in [2.05, 4.69) is 58.2 Å². The van der Waals surface area contributed by atoms with Crippen LogP contribution in [0.4, 0.5) is 0 Å². The lowest BCUT2D eigenvalue weighted by atomic mass is 9.97. The van der Waals surface area contributed by atoms with E-state index in [1.165, 1.54) is 20.8 Å². The molecule has 0 aliphatic rings. The second-order valence-corrected chi connectivity index (χ2v) is 23.1. The first-order valence-corrected chi connectivity index (χ1v) is 28.3. The van der Waals surface area contributed by atoms with Gasteiger partial charge in [-0.25, -0.2) is 4.79 Å². The van der Waals surface area contributed by atoms with Crippen molar-refractivity contribution >= 4 is 87.9 Å². The molecule has 1 aromatic carbocycles. The molecule has 0 saturated heterocycles. The first kappa shape index (κ1) is 72.0. The van der Waals surface area contributed by atoms with E-state index in [4.69, 9.17) is 5.11 Å². The number of aromatic nitrogens is 1. The van der Waals surface area contributed by atoms with E-state index in [0.29, 0.717) is 16.5 Å². The van der Waals surface area contributed by atoms with Gasteiger partial charge in [-0.1, -0.05) is 87.4 Å². The summed E-state index contributed by atoms with van der Waals surface area (Å²) >= 11 is 0. The van der Waals surface area contributed by atoms with Crippen molar-refractivity contribution in [3.05, 3.63) is 36.0 Å². The number of benzene rings is 1. The highest BCUT2D eigenvalue weighted by atomic mass is 16.4. The van der Waals surface area contributed by atoms with E-state index >= 15 is 0 Å². The molecule has 468 valence electrons. The molecule has 0 aliphatic heterocycles. The summed E-state index contributed by atoms with van der Waals surface area (Å²) in [6.07, 6.45) is -0.874. The molecule has 27 nitrogen and oxygen atoms in total. The van der Waals surface area contributed by atoms with Gasteiger partial charge in [-0.3, -0.25) is 57.5 Å². The lowest BCUT2D eigenvalue weighted by molar-refractivity contribution is -0.144. The molecule has 0 aliphatic carbocycles. The van der Waals surface area contributed by atoms with Crippen LogP contribution < -0.4 is 53.2 Å². The van der Waals surface area contributed by atoms with E-state index < -0.39 is 175 Å². The number of carbonyl (C=O) groups excluding carboxylic acids is 10. The number of aromatic amines is 1. The van der Waals surface area contributed by atoms with Crippen molar-refractivity contribution in [1.29, 1.82) is 0 Å². The predicted molar refractivity (Wildman–Crippen MR) is 308 cm³/mol. The molecule has 27 heteroatoms. The zero-order chi connectivity index (χ0) is 63.9. The summed E-state index contributed by atoms with van der Waals surface area (Å²) in [6.45, 7) is 21.5. The van der Waals surface area contributed by atoms with Crippen LogP contribution >= 0.6 is 0 Å². The molecule has 0 radical (unpaired) electrons. The Balaban J connectivity index is 2.48. The van der Waals surface area contributed by atoms with E-state index in [9.17, 15) is 72.5 Å². The molecule has 14 N–H and O–H groups in total. The molecule has 0 fully saturated rings. The summed E-state index contributed by atoms with van der Waals surface area (Å²) in [4.78, 5) is 175. The number of carboxylic acid groups (broad SMARTS) is 3. The van der Waals surface area contributed by atoms with Crippen LogP contribution in [0, 0.1) is 29.6 Å². The molecule has 10 atom stereocenters. The second-order valence-electron chi connectivity index (χ2n) is 23.1. The Morgan fingerprint density at radius 2 is 0.774 bits per heavy atom. The number of hydrogen-bond acceptors (Lipinski definition) is 13. The fraction of sp³-hybridized carbons (Fsp3) is 0.632. The molecule has 10 amide bonds. The largest absolute Gasteiger partial charge is 0.481 e. The summed E-state index contributed by atoms with van der Waals surface area (Å²) in [5.74, 6) is -13.9. The van der Waals surface area contributed by atoms with Crippen LogP contribution in [0.3, 0.4) is 0 Å². The van der Waals surface area contributed by atoms with Gasteiger partial charge >= 0.3 is 17.9 Å². The highest BCUT2D eigenvalue weighted by Crippen LogP contribution is 2.20. The third kappa shape index (κ3) is 24.8. The Bertz CT molecular complexity index is 2650. The fourth-order valence-electron chi connectivity index (χ4n) is 8.89. The van der Waals surface area contributed by atoms with Gasteiger partial charge in [0.05, 0.1) is 0 Å². The summed E-state index contributed by atoms with van der Waals surface area (Å²) in [5, 5.41) is 54.8. The SMILES string of the molecule is CC(=O)N[C@@H](C)C(=O)N[C@@H](C)C(=O)N[C@H](C(=O)N[C@H](C(=O)N[C@@H](CC(C)C)C(=O)N[C@@H](CC(C)C)C(=O)N[C@@H](CC(C)C)C(=O)N[C@@H](Cc1c[nH]c2ccccc12)C(=O)N[C@@H](CCC(=O)O)C(=O)N[C@@H](CCC(=O)O)C(=O)O)C(C)C)C(C)C. The smallest absolute Gasteiger partial charge is 0.326 e. The Morgan fingerprint density at radius 1 is 0.417 bits per heavy atom. The summed E-state index contributed by atoms with van der Waals surface area (Å²) in [6, 6.07) is -6.31. The molecule has 1 heterocycles. The maximum absolute atomic E-state index is 14.6. The number of carbonyl (C=O) groups is 13. The molecule has 84 heavy (non-hydrogen) atoms. The van der Waals surface area contributed by atoms with Gasteiger partial charge in [0.15, 0.2) is 0 Å². The van der Waals surface area contributed by atoms with Crippen LogP contribution in [0.1, 0.15) is 141 Å². The number of amides is 10. The Kier molecular flexibility index (Phi) is 29.5. The monoisotopic (exact) mass is 1180 g/mol. The van der Waals surface area contributed by atoms with Crippen molar-refractivity contribution in [1.82, 2.24) is 58.2 Å². The third-order valence-electron chi connectivity index (χ3n) is 13.4. The number of aliphatic carboxylic acids is 3. The van der Waals surface area contributed by atoms with E-state index in [-0.39, 0.29) is 43.4 Å². The normalized spacial score (nSPS) is 15.0. The van der Waals surface area contributed by atoms with Crippen LogP contribution in [-0.2, 0) is 68.7 Å². The standard InChI is InChI=1S/C57H89N11O16/c1-27(2)22-40(64-53(79)42(24-29(5)6)66-55(81)46(30(7)8)68-56(82)47(31(9)10)67-49(75)33(12)60-48(74)32(11)59-34(13)69)51(77)63-41(23-28(3)4)52(78)65-43(25-35-26-58-37-17-15-14-16-36(35)37)54(80)61-38(18-20-44(70)71)50(76)62-39(57(83)84)19-21-45(72)73/h14-17,26-33,38-43,46-47,58H,18-25H2,1-13H3,(H,59,69)(H,60,74)(H,61,80)(H,62,76)(H,63,77)(H,64,79)(H,65,78)(H,66,81)(H,67,75)(H,68,82)(H,70,71)(H,72,73)(H,83,84)/t32-,33-,38-,39-,40-,41-,42-,43-,46-,47-/m0/s1. The minimum Gasteiger partial charge on any atom is -0.481 e. The number of nitrogens with one attached hydrogen (secondary N) is 11. The van der Waals surface area contributed by atoms with Gasteiger partial charge in [0.25, 0.3) is 0 Å². The topological polar surface area (TPSA) is 419 Å². The molecular weight excluding hydrogens is 1090 g/mol. The Labute approximate surface area is 489 Å². The van der Waals surface area contributed by atoms with Crippen molar-refractivity contribution in [2.45, 2.75) is 202 Å². The number of carboxylic acids is 3. The quantitative estimate of drug-likeness (QED) is 0.0450. The maximum Gasteiger partial charge on any atom is 0.326 e. The Morgan fingerprint density at radius 3 is 1.21 bits per heavy atom. The number of hydrogen-bond donors (Lipinski definition) is 14. The Hall–Kier alpha value is -8.13. The van der Waals surface area contributed by atoms with Crippen molar-refractivity contribution in [2.75, 3.05) is 0 Å². The first-order valence-electron chi connectivity index (χ1n) is 28.3. The highest BCUT2D eigenvalue weighted by molar-refractivity contribution is 5.99. The van der Waals surface area contributed by atoms with Gasteiger partial charge in [-0.2, -0.15) is 0 Å².